The molecule has 1 N–H and O–H groups in total. The summed E-state index contributed by atoms with van der Waals surface area (Å²) < 4.78 is 9.68. The number of ether oxygens (including phenoxy) is 1. The van der Waals surface area contributed by atoms with E-state index in [0.29, 0.717) is 30.5 Å². The molecule has 3 heterocycles. The first-order valence-electron chi connectivity index (χ1n) is 10.9. The van der Waals surface area contributed by atoms with Crippen LogP contribution in [0.5, 0.6) is 0 Å². The number of aliphatic hydroxyl groups is 1. The molecule has 5 rings (SSSR count). The van der Waals surface area contributed by atoms with E-state index in [1.54, 1.807) is 11.8 Å². The lowest BCUT2D eigenvalue weighted by molar-refractivity contribution is 0.122. The standard InChI is InChI=1S/C23H25ClN6O2S/c1-16-4-2-3-5-19(16)30-22(28-9-12-32-13-10-28)26-27-23(30)33-15-21-25-18-7-6-17(24)14-20(18)29(21)8-11-31/h2-7,14,31H,8-13,15H2,1H3. The maximum atomic E-state index is 9.62. The third-order valence-electron chi connectivity index (χ3n) is 5.71. The fourth-order valence-corrected chi connectivity index (χ4v) is 5.14. The van der Waals surface area contributed by atoms with Crippen LogP contribution in [-0.2, 0) is 17.0 Å². The average Bonchev–Trinajstić information content (AvgIpc) is 3.40. The van der Waals surface area contributed by atoms with Crippen LogP contribution in [0.2, 0.25) is 5.02 Å². The van der Waals surface area contributed by atoms with Gasteiger partial charge in [0.25, 0.3) is 0 Å². The first-order chi connectivity index (χ1) is 16.2. The zero-order valence-electron chi connectivity index (χ0n) is 18.3. The Morgan fingerprint density at radius 3 is 2.73 bits per heavy atom. The van der Waals surface area contributed by atoms with E-state index in [0.717, 1.165) is 52.3 Å². The van der Waals surface area contributed by atoms with E-state index in [1.807, 2.05) is 34.9 Å². The van der Waals surface area contributed by atoms with Gasteiger partial charge in [-0.3, -0.25) is 4.57 Å². The van der Waals surface area contributed by atoms with Crippen molar-refractivity contribution in [2.24, 2.45) is 0 Å². The summed E-state index contributed by atoms with van der Waals surface area (Å²) in [5, 5.41) is 20.2. The summed E-state index contributed by atoms with van der Waals surface area (Å²) in [5.74, 6) is 2.27. The monoisotopic (exact) mass is 484 g/mol. The van der Waals surface area contributed by atoms with E-state index >= 15 is 0 Å². The number of hydrogen-bond donors (Lipinski definition) is 1. The summed E-state index contributed by atoms with van der Waals surface area (Å²) in [4.78, 5) is 7.01. The van der Waals surface area contributed by atoms with Crippen molar-refractivity contribution in [2.75, 3.05) is 37.8 Å². The molecular formula is C23H25ClN6O2S. The van der Waals surface area contributed by atoms with Crippen LogP contribution in [0.15, 0.2) is 47.6 Å². The number of halogens is 1. The van der Waals surface area contributed by atoms with Crippen LogP contribution < -0.4 is 4.90 Å². The van der Waals surface area contributed by atoms with Gasteiger partial charge in [-0.05, 0) is 36.8 Å². The minimum absolute atomic E-state index is 0.0240. The lowest BCUT2D eigenvalue weighted by Gasteiger charge is -2.28. The Balaban J connectivity index is 1.51. The molecule has 0 amide bonds. The molecule has 2 aromatic carbocycles. The molecule has 0 radical (unpaired) electrons. The summed E-state index contributed by atoms with van der Waals surface area (Å²) in [6, 6.07) is 13.9. The molecule has 172 valence electrons. The zero-order chi connectivity index (χ0) is 22.8. The van der Waals surface area contributed by atoms with Crippen molar-refractivity contribution < 1.29 is 9.84 Å². The topological polar surface area (TPSA) is 81.2 Å². The molecule has 33 heavy (non-hydrogen) atoms. The first-order valence-corrected chi connectivity index (χ1v) is 12.2. The average molecular weight is 485 g/mol. The van der Waals surface area contributed by atoms with Gasteiger partial charge in [0.1, 0.15) is 5.82 Å². The zero-order valence-corrected chi connectivity index (χ0v) is 19.9. The second-order valence-electron chi connectivity index (χ2n) is 7.83. The number of nitrogens with zero attached hydrogens (tertiary/aromatic N) is 6. The molecule has 0 aliphatic carbocycles. The van der Waals surface area contributed by atoms with Gasteiger partial charge in [0.15, 0.2) is 5.16 Å². The molecule has 0 spiro atoms. The molecule has 2 aromatic heterocycles. The molecule has 10 heteroatoms. The van der Waals surface area contributed by atoms with E-state index in [4.69, 9.17) is 21.3 Å². The fourth-order valence-electron chi connectivity index (χ4n) is 4.08. The number of imidazole rings is 1. The van der Waals surface area contributed by atoms with Gasteiger partial charge in [0, 0.05) is 24.7 Å². The van der Waals surface area contributed by atoms with Crippen molar-refractivity contribution in [3.05, 3.63) is 58.9 Å². The summed E-state index contributed by atoms with van der Waals surface area (Å²) in [6.45, 7) is 5.49. The minimum atomic E-state index is 0.0240. The van der Waals surface area contributed by atoms with Crippen LogP contribution >= 0.6 is 23.4 Å². The van der Waals surface area contributed by atoms with E-state index in [1.165, 1.54) is 0 Å². The highest BCUT2D eigenvalue weighted by molar-refractivity contribution is 7.98. The molecule has 1 fully saturated rings. The molecular weight excluding hydrogens is 460 g/mol. The van der Waals surface area contributed by atoms with Crippen LogP contribution in [0.1, 0.15) is 11.4 Å². The minimum Gasteiger partial charge on any atom is -0.395 e. The van der Waals surface area contributed by atoms with E-state index in [2.05, 4.69) is 38.7 Å². The number of aromatic nitrogens is 5. The van der Waals surface area contributed by atoms with Crippen molar-refractivity contribution in [1.82, 2.24) is 24.3 Å². The van der Waals surface area contributed by atoms with Gasteiger partial charge in [-0.2, -0.15) is 0 Å². The Hall–Kier alpha value is -2.59. The SMILES string of the molecule is Cc1ccccc1-n1c(SCc2nc3ccc(Cl)cc3n2CCO)nnc1N1CCOCC1. The predicted octanol–water partition coefficient (Wildman–Crippen LogP) is 3.70. The van der Waals surface area contributed by atoms with Gasteiger partial charge in [-0.15, -0.1) is 10.2 Å². The first kappa shape index (κ1) is 22.2. The molecule has 1 saturated heterocycles. The number of anilines is 1. The summed E-state index contributed by atoms with van der Waals surface area (Å²) >= 11 is 7.79. The number of aryl methyl sites for hydroxylation is 1. The maximum absolute atomic E-state index is 9.62. The normalized spacial score (nSPS) is 14.3. The number of thioether (sulfide) groups is 1. The Kier molecular flexibility index (Phi) is 6.55. The predicted molar refractivity (Wildman–Crippen MR) is 131 cm³/mol. The van der Waals surface area contributed by atoms with Crippen LogP contribution in [0.25, 0.3) is 16.7 Å². The molecule has 0 atom stereocenters. The largest absolute Gasteiger partial charge is 0.395 e. The van der Waals surface area contributed by atoms with Gasteiger partial charge in [0.2, 0.25) is 5.95 Å². The number of aliphatic hydroxyl groups excluding tert-OH is 1. The number of rotatable bonds is 7. The highest BCUT2D eigenvalue weighted by atomic mass is 35.5. The van der Waals surface area contributed by atoms with Crippen molar-refractivity contribution in [2.45, 2.75) is 24.4 Å². The van der Waals surface area contributed by atoms with Crippen LogP contribution in [0, 0.1) is 6.92 Å². The second kappa shape index (κ2) is 9.72. The van der Waals surface area contributed by atoms with Gasteiger partial charge in [-0.25, -0.2) is 4.98 Å². The van der Waals surface area contributed by atoms with Gasteiger partial charge >= 0.3 is 0 Å². The number of hydrogen-bond acceptors (Lipinski definition) is 7. The van der Waals surface area contributed by atoms with E-state index in [-0.39, 0.29) is 6.61 Å². The van der Waals surface area contributed by atoms with Crippen molar-refractivity contribution >= 4 is 40.3 Å². The number of fused-ring (bicyclic) bond motifs is 1. The highest BCUT2D eigenvalue weighted by Gasteiger charge is 2.23. The second-order valence-corrected chi connectivity index (χ2v) is 9.21. The van der Waals surface area contributed by atoms with Crippen LogP contribution in [-0.4, -0.2) is 62.3 Å². The van der Waals surface area contributed by atoms with Crippen molar-refractivity contribution in [1.29, 1.82) is 0 Å². The Morgan fingerprint density at radius 1 is 1.12 bits per heavy atom. The third-order valence-corrected chi connectivity index (χ3v) is 6.87. The Labute approximate surface area is 201 Å². The Morgan fingerprint density at radius 2 is 1.94 bits per heavy atom. The lowest BCUT2D eigenvalue weighted by Crippen LogP contribution is -2.38. The van der Waals surface area contributed by atoms with Crippen LogP contribution in [0.3, 0.4) is 0 Å². The van der Waals surface area contributed by atoms with E-state index in [9.17, 15) is 5.11 Å². The van der Waals surface area contributed by atoms with Crippen molar-refractivity contribution in [3.8, 4) is 5.69 Å². The smallest absolute Gasteiger partial charge is 0.232 e. The highest BCUT2D eigenvalue weighted by Crippen LogP contribution is 2.31. The van der Waals surface area contributed by atoms with Crippen LogP contribution in [0.4, 0.5) is 5.95 Å². The quantitative estimate of drug-likeness (QED) is 0.400. The molecule has 0 bridgehead atoms. The molecule has 0 saturated carbocycles. The third kappa shape index (κ3) is 4.46. The molecule has 8 nitrogen and oxygen atoms in total. The van der Waals surface area contributed by atoms with Gasteiger partial charge in [-0.1, -0.05) is 41.6 Å². The number of para-hydroxylation sites is 1. The maximum Gasteiger partial charge on any atom is 0.232 e. The van der Waals surface area contributed by atoms with Crippen molar-refractivity contribution in [3.63, 3.8) is 0 Å². The number of benzene rings is 2. The number of morpholine rings is 1. The summed E-state index contributed by atoms with van der Waals surface area (Å²) in [6.07, 6.45) is 0. The fraction of sp³-hybridized carbons (Fsp3) is 0.348. The Bertz CT molecular complexity index is 1270. The lowest BCUT2D eigenvalue weighted by atomic mass is 10.2. The summed E-state index contributed by atoms with van der Waals surface area (Å²) in [5.41, 5.74) is 3.98. The van der Waals surface area contributed by atoms with Gasteiger partial charge in [0.05, 0.1) is 42.3 Å². The molecule has 0 unspecified atom stereocenters. The van der Waals surface area contributed by atoms with E-state index < -0.39 is 0 Å². The molecule has 4 aromatic rings. The summed E-state index contributed by atoms with van der Waals surface area (Å²) in [7, 11) is 0. The molecule has 1 aliphatic rings. The van der Waals surface area contributed by atoms with Gasteiger partial charge < -0.3 is 19.3 Å². The molecule has 1 aliphatic heterocycles.